The zero-order valence-electron chi connectivity index (χ0n) is 22.3. The van der Waals surface area contributed by atoms with Crippen LogP contribution in [0.5, 0.6) is 0 Å². The van der Waals surface area contributed by atoms with E-state index in [4.69, 9.17) is 23.7 Å². The zero-order chi connectivity index (χ0) is 24.6. The van der Waals surface area contributed by atoms with Crippen LogP contribution >= 0.6 is 0 Å². The molecule has 5 fully saturated rings. The average Bonchev–Trinajstić information content (AvgIpc) is 3.49. The quantitative estimate of drug-likeness (QED) is 0.642. The SMILES string of the molecule is CCOC1=C[C@@H]2C(CN(C)C)C[C@@H]3[C@H]([C@@H](O)C[C@@]4(C)[C@@H]3CCC43OCOC34COCO4)[C@@]2(C)CC1. The Morgan fingerprint density at radius 3 is 2.66 bits per heavy atom. The number of rotatable bonds is 4. The standard InChI is InChI=1S/C28H45NO6/c1-6-32-19-7-9-25(2)22(12-19)18(14-29(4)5)11-20-21-8-10-27(26(21,3)13-23(30)24(20)25)28(35-17-33-27)15-31-16-34-28/h12,18,20-24,30H,6-11,13-17H2,1-5H3/t18?,20-,21+,22+,23-,24+,25-,26-,27?,28?/m0/s1. The van der Waals surface area contributed by atoms with E-state index in [2.05, 4.69) is 45.8 Å². The first-order valence-corrected chi connectivity index (χ1v) is 13.9. The molecule has 6 rings (SSSR count). The Hall–Kier alpha value is -0.700. The van der Waals surface area contributed by atoms with Crippen LogP contribution in [0.2, 0.25) is 0 Å². The Bertz CT molecular complexity index is 851. The molecule has 0 aromatic carbocycles. The fourth-order valence-corrected chi connectivity index (χ4v) is 10.1. The van der Waals surface area contributed by atoms with E-state index >= 15 is 0 Å². The first-order chi connectivity index (χ1) is 16.7. The molecule has 0 amide bonds. The van der Waals surface area contributed by atoms with Crippen molar-refractivity contribution in [1.29, 1.82) is 0 Å². The molecule has 7 nitrogen and oxygen atoms in total. The lowest BCUT2D eigenvalue weighted by molar-refractivity contribution is -0.263. The summed E-state index contributed by atoms with van der Waals surface area (Å²) in [6.45, 7) is 9.58. The van der Waals surface area contributed by atoms with Crippen LogP contribution in [0.15, 0.2) is 11.8 Å². The Balaban J connectivity index is 1.39. The fourth-order valence-electron chi connectivity index (χ4n) is 10.1. The van der Waals surface area contributed by atoms with Crippen LogP contribution in [-0.2, 0) is 23.7 Å². The second-order valence-electron chi connectivity index (χ2n) is 13.0. The third-order valence-electron chi connectivity index (χ3n) is 11.3. The van der Waals surface area contributed by atoms with Crippen molar-refractivity contribution in [2.75, 3.05) is 47.4 Å². The van der Waals surface area contributed by atoms with Crippen molar-refractivity contribution in [3.8, 4) is 0 Å². The van der Waals surface area contributed by atoms with Crippen molar-refractivity contribution in [2.24, 2.45) is 40.4 Å². The molecule has 2 spiro atoms. The highest BCUT2D eigenvalue weighted by Crippen LogP contribution is 2.72. The minimum Gasteiger partial charge on any atom is -0.499 e. The Morgan fingerprint density at radius 2 is 1.94 bits per heavy atom. The van der Waals surface area contributed by atoms with Gasteiger partial charge in [-0.15, -0.1) is 0 Å². The van der Waals surface area contributed by atoms with E-state index < -0.39 is 11.4 Å². The summed E-state index contributed by atoms with van der Waals surface area (Å²) in [7, 11) is 4.38. The van der Waals surface area contributed by atoms with Gasteiger partial charge in [0.15, 0.2) is 13.6 Å². The van der Waals surface area contributed by atoms with E-state index in [1.807, 2.05) is 0 Å². The van der Waals surface area contributed by atoms with E-state index in [1.54, 1.807) is 0 Å². The monoisotopic (exact) mass is 491 g/mol. The molecule has 0 radical (unpaired) electrons. The minimum absolute atomic E-state index is 0.0678. The molecule has 4 aliphatic carbocycles. The highest BCUT2D eigenvalue weighted by atomic mass is 16.9. The summed E-state index contributed by atoms with van der Waals surface area (Å²) < 4.78 is 30.6. The molecule has 35 heavy (non-hydrogen) atoms. The number of allylic oxidation sites excluding steroid dienone is 2. The molecule has 0 aromatic heterocycles. The number of nitrogens with zero attached hydrogens (tertiary/aromatic N) is 1. The molecule has 0 aromatic rings. The van der Waals surface area contributed by atoms with E-state index in [-0.39, 0.29) is 36.4 Å². The lowest BCUT2D eigenvalue weighted by atomic mass is 9.42. The van der Waals surface area contributed by atoms with Gasteiger partial charge < -0.3 is 33.7 Å². The molecule has 2 saturated heterocycles. The van der Waals surface area contributed by atoms with Crippen molar-refractivity contribution in [1.82, 2.24) is 4.90 Å². The molecule has 3 saturated carbocycles. The van der Waals surface area contributed by atoms with Crippen molar-refractivity contribution in [2.45, 2.75) is 76.8 Å². The Labute approximate surface area is 210 Å². The summed E-state index contributed by atoms with van der Waals surface area (Å²) in [5, 5.41) is 12.0. The van der Waals surface area contributed by atoms with E-state index in [9.17, 15) is 5.11 Å². The molecule has 0 bridgehead atoms. The summed E-state index contributed by atoms with van der Waals surface area (Å²) in [6, 6.07) is 0. The van der Waals surface area contributed by atoms with Gasteiger partial charge in [0.25, 0.3) is 0 Å². The van der Waals surface area contributed by atoms with Gasteiger partial charge in [0.05, 0.1) is 18.5 Å². The number of hydrogen-bond acceptors (Lipinski definition) is 7. The summed E-state index contributed by atoms with van der Waals surface area (Å²) in [4.78, 5) is 2.34. The number of aliphatic hydroxyl groups is 1. The molecule has 198 valence electrons. The molecule has 6 aliphatic rings. The molecule has 2 heterocycles. The van der Waals surface area contributed by atoms with Gasteiger partial charge in [0, 0.05) is 18.4 Å². The van der Waals surface area contributed by atoms with Crippen LogP contribution in [0.4, 0.5) is 0 Å². The topological polar surface area (TPSA) is 69.6 Å². The highest BCUT2D eigenvalue weighted by molar-refractivity contribution is 5.24. The third kappa shape index (κ3) is 3.24. The molecule has 7 heteroatoms. The average molecular weight is 492 g/mol. The first-order valence-electron chi connectivity index (χ1n) is 13.9. The number of fused-ring (bicyclic) bond motifs is 7. The second kappa shape index (κ2) is 8.40. The van der Waals surface area contributed by atoms with Crippen LogP contribution in [0.1, 0.15) is 59.3 Å². The second-order valence-corrected chi connectivity index (χ2v) is 13.0. The summed E-state index contributed by atoms with van der Waals surface area (Å²) in [6.07, 6.45) is 8.00. The van der Waals surface area contributed by atoms with E-state index in [0.29, 0.717) is 30.3 Å². The smallest absolute Gasteiger partial charge is 0.226 e. The lowest BCUT2D eigenvalue weighted by Gasteiger charge is -2.64. The predicted octanol–water partition coefficient (Wildman–Crippen LogP) is 3.76. The summed E-state index contributed by atoms with van der Waals surface area (Å²) >= 11 is 0. The van der Waals surface area contributed by atoms with E-state index in [0.717, 1.165) is 57.4 Å². The van der Waals surface area contributed by atoms with Crippen LogP contribution in [0.3, 0.4) is 0 Å². The van der Waals surface area contributed by atoms with Gasteiger partial charge in [-0.3, -0.25) is 0 Å². The van der Waals surface area contributed by atoms with Crippen molar-refractivity contribution in [3.05, 3.63) is 11.8 Å². The number of ether oxygens (including phenoxy) is 5. The predicted molar refractivity (Wildman–Crippen MR) is 130 cm³/mol. The fraction of sp³-hybridized carbons (Fsp3) is 0.929. The van der Waals surface area contributed by atoms with Crippen molar-refractivity contribution in [3.63, 3.8) is 0 Å². The normalized spacial score (nSPS) is 53.1. The van der Waals surface area contributed by atoms with Gasteiger partial charge in [0.1, 0.15) is 12.2 Å². The summed E-state index contributed by atoms with van der Waals surface area (Å²) in [5.41, 5.74) is -0.709. The summed E-state index contributed by atoms with van der Waals surface area (Å²) in [5.74, 6) is 2.51. The lowest BCUT2D eigenvalue weighted by Crippen LogP contribution is -2.67. The highest BCUT2D eigenvalue weighted by Gasteiger charge is 2.77. The molecule has 3 unspecified atom stereocenters. The van der Waals surface area contributed by atoms with E-state index in [1.165, 1.54) is 0 Å². The van der Waals surface area contributed by atoms with Crippen LogP contribution in [0.25, 0.3) is 0 Å². The van der Waals surface area contributed by atoms with Gasteiger partial charge in [-0.25, -0.2) is 0 Å². The molecule has 10 atom stereocenters. The van der Waals surface area contributed by atoms with Crippen molar-refractivity contribution >= 4 is 0 Å². The maximum absolute atomic E-state index is 12.0. The maximum Gasteiger partial charge on any atom is 0.226 e. The van der Waals surface area contributed by atoms with Gasteiger partial charge >= 0.3 is 0 Å². The van der Waals surface area contributed by atoms with Crippen LogP contribution < -0.4 is 0 Å². The largest absolute Gasteiger partial charge is 0.499 e. The van der Waals surface area contributed by atoms with Gasteiger partial charge in [-0.2, -0.15) is 0 Å². The Kier molecular flexibility index (Phi) is 5.91. The number of hydrogen-bond donors (Lipinski definition) is 1. The number of aliphatic hydroxyl groups excluding tert-OH is 1. The first kappa shape index (κ1) is 24.6. The minimum atomic E-state index is -0.840. The Morgan fingerprint density at radius 1 is 1.14 bits per heavy atom. The van der Waals surface area contributed by atoms with Crippen LogP contribution in [0, 0.1) is 40.4 Å². The van der Waals surface area contributed by atoms with Crippen LogP contribution in [-0.4, -0.2) is 74.9 Å². The molecular formula is C28H45NO6. The van der Waals surface area contributed by atoms with Crippen molar-refractivity contribution < 1.29 is 28.8 Å². The molecular weight excluding hydrogens is 446 g/mol. The van der Waals surface area contributed by atoms with Gasteiger partial charge in [0.2, 0.25) is 5.79 Å². The zero-order valence-corrected chi connectivity index (χ0v) is 22.3. The molecule has 1 N–H and O–H groups in total. The van der Waals surface area contributed by atoms with Gasteiger partial charge in [-0.1, -0.05) is 13.8 Å². The molecule has 2 aliphatic heterocycles. The maximum atomic E-state index is 12.0. The van der Waals surface area contributed by atoms with Gasteiger partial charge in [-0.05, 0) is 94.2 Å². The third-order valence-corrected chi connectivity index (χ3v) is 11.3.